The van der Waals surface area contributed by atoms with E-state index in [1.165, 1.54) is 0 Å². The first-order valence-electron chi connectivity index (χ1n) is 5.30. The summed E-state index contributed by atoms with van der Waals surface area (Å²) in [6, 6.07) is 5.79. The molecule has 16 heavy (non-hydrogen) atoms. The number of nitrogens with zero attached hydrogens (tertiary/aromatic N) is 2. The van der Waals surface area contributed by atoms with Crippen LogP contribution in [0.15, 0.2) is 30.6 Å². The molecule has 4 heteroatoms. The second-order valence-corrected chi connectivity index (χ2v) is 3.98. The minimum atomic E-state index is 0.633. The molecule has 0 radical (unpaired) electrons. The number of aryl methyl sites for hydroxylation is 1. The lowest BCUT2D eigenvalue weighted by molar-refractivity contribution is 0.833. The molecule has 0 saturated carbocycles. The predicted molar refractivity (Wildman–Crippen MR) is 66.6 cm³/mol. The molecular formula is C12H13N3S. The highest BCUT2D eigenvalue weighted by Crippen LogP contribution is 2.15. The first-order chi connectivity index (χ1) is 7.79. The Morgan fingerprint density at radius 3 is 2.75 bits per heavy atom. The maximum absolute atomic E-state index is 5.15. The summed E-state index contributed by atoms with van der Waals surface area (Å²) in [6.45, 7) is 2.12. The summed E-state index contributed by atoms with van der Waals surface area (Å²) in [5.74, 6) is 0.946. The highest BCUT2D eigenvalue weighted by Gasteiger charge is 2.00. The minimum Gasteiger partial charge on any atom is -0.343 e. The van der Waals surface area contributed by atoms with Gasteiger partial charge in [0.25, 0.3) is 0 Å². The quantitative estimate of drug-likeness (QED) is 0.825. The summed E-state index contributed by atoms with van der Waals surface area (Å²) in [5.41, 5.74) is 2.09. The summed E-state index contributed by atoms with van der Waals surface area (Å²) < 4.78 is 0.633. The number of rotatable bonds is 3. The molecule has 0 aliphatic rings. The van der Waals surface area contributed by atoms with Crippen LogP contribution in [0.3, 0.4) is 0 Å². The van der Waals surface area contributed by atoms with Crippen LogP contribution in [0.1, 0.15) is 19.2 Å². The van der Waals surface area contributed by atoms with Crippen molar-refractivity contribution in [2.24, 2.45) is 0 Å². The molecule has 0 aromatic carbocycles. The van der Waals surface area contributed by atoms with Crippen molar-refractivity contribution >= 4 is 12.2 Å². The number of aromatic amines is 1. The molecule has 0 atom stereocenters. The zero-order valence-corrected chi connectivity index (χ0v) is 9.92. The highest BCUT2D eigenvalue weighted by molar-refractivity contribution is 7.71. The Balaban J connectivity index is 2.45. The van der Waals surface area contributed by atoms with Crippen molar-refractivity contribution in [2.45, 2.75) is 19.8 Å². The molecule has 1 N–H and O–H groups in total. The fraction of sp³-hybridized carbons (Fsp3) is 0.250. The Bertz CT molecular complexity index is 519. The monoisotopic (exact) mass is 231 g/mol. The van der Waals surface area contributed by atoms with E-state index in [9.17, 15) is 0 Å². The lowest BCUT2D eigenvalue weighted by Gasteiger charge is -2.04. The molecule has 3 nitrogen and oxygen atoms in total. The number of hydrogen-bond acceptors (Lipinski definition) is 3. The molecule has 0 unspecified atom stereocenters. The van der Waals surface area contributed by atoms with Crippen LogP contribution < -0.4 is 0 Å². The van der Waals surface area contributed by atoms with Crippen LogP contribution in [-0.2, 0) is 6.42 Å². The van der Waals surface area contributed by atoms with Crippen molar-refractivity contribution in [1.29, 1.82) is 0 Å². The third kappa shape index (κ3) is 2.52. The Kier molecular flexibility index (Phi) is 3.41. The smallest absolute Gasteiger partial charge is 0.130 e. The summed E-state index contributed by atoms with van der Waals surface area (Å²) in [7, 11) is 0. The maximum atomic E-state index is 5.15. The first kappa shape index (κ1) is 11.0. The van der Waals surface area contributed by atoms with Crippen LogP contribution in [0.5, 0.6) is 0 Å². The lowest BCUT2D eigenvalue weighted by Crippen LogP contribution is -1.96. The second-order valence-electron chi connectivity index (χ2n) is 3.57. The van der Waals surface area contributed by atoms with Crippen LogP contribution in [-0.4, -0.2) is 15.0 Å². The van der Waals surface area contributed by atoms with E-state index in [-0.39, 0.29) is 0 Å². The molecule has 0 fully saturated rings. The highest BCUT2D eigenvalue weighted by atomic mass is 32.1. The largest absolute Gasteiger partial charge is 0.343 e. The van der Waals surface area contributed by atoms with Gasteiger partial charge in [-0.3, -0.25) is 4.98 Å². The molecule has 0 bridgehead atoms. The van der Waals surface area contributed by atoms with Crippen molar-refractivity contribution in [1.82, 2.24) is 15.0 Å². The number of pyridine rings is 1. The van der Waals surface area contributed by atoms with E-state index < -0.39 is 0 Å². The summed E-state index contributed by atoms with van der Waals surface area (Å²) in [4.78, 5) is 11.6. The SMILES string of the molecule is CCCc1nc(=S)cc(-c2ccncc2)[nH]1. The van der Waals surface area contributed by atoms with E-state index in [1.807, 2.05) is 18.2 Å². The van der Waals surface area contributed by atoms with Crippen LogP contribution in [0.4, 0.5) is 0 Å². The lowest BCUT2D eigenvalue weighted by atomic mass is 10.2. The van der Waals surface area contributed by atoms with Crippen molar-refractivity contribution in [3.63, 3.8) is 0 Å². The van der Waals surface area contributed by atoms with Crippen molar-refractivity contribution < 1.29 is 0 Å². The van der Waals surface area contributed by atoms with Gasteiger partial charge < -0.3 is 4.98 Å². The predicted octanol–water partition coefficient (Wildman–Crippen LogP) is 3.15. The van der Waals surface area contributed by atoms with E-state index in [0.717, 1.165) is 29.9 Å². The van der Waals surface area contributed by atoms with Crippen LogP contribution in [0.25, 0.3) is 11.3 Å². The number of nitrogens with one attached hydrogen (secondary N) is 1. The third-order valence-corrected chi connectivity index (χ3v) is 2.48. The zero-order valence-electron chi connectivity index (χ0n) is 9.10. The zero-order chi connectivity index (χ0) is 11.4. The van der Waals surface area contributed by atoms with Gasteiger partial charge >= 0.3 is 0 Å². The first-order valence-corrected chi connectivity index (χ1v) is 5.71. The number of hydrogen-bond donors (Lipinski definition) is 1. The molecule has 82 valence electrons. The van der Waals surface area contributed by atoms with E-state index in [2.05, 4.69) is 21.9 Å². The van der Waals surface area contributed by atoms with Gasteiger partial charge in [0.05, 0.1) is 0 Å². The second kappa shape index (κ2) is 4.99. The van der Waals surface area contributed by atoms with Gasteiger partial charge in [0.1, 0.15) is 10.5 Å². The Labute approximate surface area is 99.6 Å². The Hall–Kier alpha value is -1.55. The topological polar surface area (TPSA) is 41.6 Å². The Morgan fingerprint density at radius 2 is 2.06 bits per heavy atom. The van der Waals surface area contributed by atoms with Gasteiger partial charge in [-0.2, -0.15) is 0 Å². The Morgan fingerprint density at radius 1 is 1.31 bits per heavy atom. The molecule has 0 aliphatic heterocycles. The fourth-order valence-electron chi connectivity index (χ4n) is 1.55. The number of H-pyrrole nitrogens is 1. The molecule has 0 spiro atoms. The molecule has 0 saturated heterocycles. The van der Waals surface area contributed by atoms with Gasteiger partial charge in [0.15, 0.2) is 0 Å². The number of aromatic nitrogens is 3. The van der Waals surface area contributed by atoms with E-state index in [1.54, 1.807) is 12.4 Å². The molecule has 0 amide bonds. The normalized spacial score (nSPS) is 10.3. The molecule has 2 aromatic heterocycles. The summed E-state index contributed by atoms with van der Waals surface area (Å²) >= 11 is 5.15. The van der Waals surface area contributed by atoms with E-state index in [0.29, 0.717) is 4.64 Å². The molecule has 2 aromatic rings. The van der Waals surface area contributed by atoms with Crippen molar-refractivity contribution in [3.8, 4) is 11.3 Å². The van der Waals surface area contributed by atoms with Crippen molar-refractivity contribution in [3.05, 3.63) is 41.1 Å². The van der Waals surface area contributed by atoms with Crippen molar-refractivity contribution in [2.75, 3.05) is 0 Å². The molecular weight excluding hydrogens is 218 g/mol. The van der Waals surface area contributed by atoms with E-state index in [4.69, 9.17) is 12.2 Å². The van der Waals surface area contributed by atoms with Gasteiger partial charge in [-0.15, -0.1) is 0 Å². The summed E-state index contributed by atoms with van der Waals surface area (Å²) in [6.07, 6.45) is 5.51. The average molecular weight is 231 g/mol. The maximum Gasteiger partial charge on any atom is 0.130 e. The van der Waals surface area contributed by atoms with Gasteiger partial charge in [-0.1, -0.05) is 19.1 Å². The average Bonchev–Trinajstić information content (AvgIpc) is 2.30. The van der Waals surface area contributed by atoms with Gasteiger partial charge in [0.2, 0.25) is 0 Å². The third-order valence-electron chi connectivity index (χ3n) is 2.27. The standard InChI is InChI=1S/C12H13N3S/c1-2-3-11-14-10(8-12(16)15-11)9-4-6-13-7-5-9/h4-8H,2-3H2,1H3,(H,14,15,16). The molecule has 2 rings (SSSR count). The van der Waals surface area contributed by atoms with Crippen LogP contribution in [0, 0.1) is 4.64 Å². The van der Waals surface area contributed by atoms with Gasteiger partial charge in [0, 0.05) is 30.1 Å². The molecule has 0 aliphatic carbocycles. The van der Waals surface area contributed by atoms with Crippen LogP contribution in [0.2, 0.25) is 0 Å². The molecule has 2 heterocycles. The minimum absolute atomic E-state index is 0.633. The summed E-state index contributed by atoms with van der Waals surface area (Å²) in [5, 5.41) is 0. The van der Waals surface area contributed by atoms with E-state index >= 15 is 0 Å². The van der Waals surface area contributed by atoms with Gasteiger partial charge in [-0.25, -0.2) is 4.98 Å². The fourth-order valence-corrected chi connectivity index (χ4v) is 1.78. The van der Waals surface area contributed by atoms with Crippen LogP contribution >= 0.6 is 12.2 Å². The van der Waals surface area contributed by atoms with Gasteiger partial charge in [-0.05, 0) is 24.6 Å².